The normalized spacial score (nSPS) is 16.2. The zero-order valence-electron chi connectivity index (χ0n) is 19.7. The van der Waals surface area contributed by atoms with Crippen LogP contribution in [0, 0.1) is 0 Å². The third-order valence-corrected chi connectivity index (χ3v) is 6.29. The van der Waals surface area contributed by atoms with Crippen LogP contribution in [0.5, 0.6) is 11.5 Å². The topological polar surface area (TPSA) is 80.3 Å². The van der Waals surface area contributed by atoms with Crippen LogP contribution in [-0.4, -0.2) is 69.3 Å². The Labute approximate surface area is 200 Å². The van der Waals surface area contributed by atoms with Gasteiger partial charge in [-0.2, -0.15) is 0 Å². The number of carbonyl (C=O) groups excluding carboxylic acids is 2. The summed E-state index contributed by atoms with van der Waals surface area (Å²) in [6.45, 7) is 3.85. The van der Waals surface area contributed by atoms with Gasteiger partial charge in [0.2, 0.25) is 5.91 Å². The average Bonchev–Trinajstić information content (AvgIpc) is 2.87. The summed E-state index contributed by atoms with van der Waals surface area (Å²) in [6.07, 6.45) is 2.35. The van der Waals surface area contributed by atoms with Crippen molar-refractivity contribution in [2.45, 2.75) is 31.8 Å². The Kier molecular flexibility index (Phi) is 8.38. The summed E-state index contributed by atoms with van der Waals surface area (Å²) in [7, 11) is 2.13. The first kappa shape index (κ1) is 24.0. The lowest BCUT2D eigenvalue weighted by atomic mass is 10.1. The fourth-order valence-corrected chi connectivity index (χ4v) is 4.26. The molecule has 0 spiro atoms. The van der Waals surface area contributed by atoms with E-state index in [2.05, 4.69) is 17.3 Å². The lowest BCUT2D eigenvalue weighted by molar-refractivity contribution is -0.122. The van der Waals surface area contributed by atoms with E-state index in [1.807, 2.05) is 48.5 Å². The Hall–Kier alpha value is -3.10. The summed E-state index contributed by atoms with van der Waals surface area (Å²) < 4.78 is 16.8. The van der Waals surface area contributed by atoms with Crippen LogP contribution in [0.4, 0.5) is 5.69 Å². The minimum atomic E-state index is -0.140. The number of nitrogens with zero attached hydrogens (tertiary/aromatic N) is 2. The van der Waals surface area contributed by atoms with E-state index >= 15 is 0 Å². The van der Waals surface area contributed by atoms with E-state index in [-0.39, 0.29) is 24.8 Å². The van der Waals surface area contributed by atoms with E-state index in [0.717, 1.165) is 43.9 Å². The maximum Gasteiger partial charge on any atom is 0.265 e. The van der Waals surface area contributed by atoms with Crippen molar-refractivity contribution < 1.29 is 23.8 Å². The van der Waals surface area contributed by atoms with Crippen molar-refractivity contribution in [2.24, 2.45) is 0 Å². The van der Waals surface area contributed by atoms with Crippen molar-refractivity contribution >= 4 is 17.5 Å². The molecule has 34 heavy (non-hydrogen) atoms. The van der Waals surface area contributed by atoms with Crippen LogP contribution in [0.25, 0.3) is 0 Å². The van der Waals surface area contributed by atoms with Crippen LogP contribution in [0.15, 0.2) is 48.5 Å². The minimum Gasteiger partial charge on any atom is -0.492 e. The van der Waals surface area contributed by atoms with Crippen LogP contribution < -0.4 is 19.7 Å². The second kappa shape index (κ2) is 11.9. The highest BCUT2D eigenvalue weighted by Crippen LogP contribution is 2.31. The molecule has 2 aliphatic heterocycles. The van der Waals surface area contributed by atoms with Crippen LogP contribution in [0.3, 0.4) is 0 Å². The minimum absolute atomic E-state index is 0.00368. The predicted molar refractivity (Wildman–Crippen MR) is 129 cm³/mol. The third-order valence-electron chi connectivity index (χ3n) is 6.29. The highest BCUT2D eigenvalue weighted by Gasteiger charge is 2.25. The van der Waals surface area contributed by atoms with Crippen LogP contribution in [0.2, 0.25) is 0 Å². The molecule has 2 aromatic rings. The molecule has 0 radical (unpaired) electrons. The molecule has 1 saturated heterocycles. The number of likely N-dealkylation sites (N-methyl/N-ethyl adjacent to an activating group) is 1. The number of ether oxygens (including phenoxy) is 3. The molecule has 0 bridgehead atoms. The van der Waals surface area contributed by atoms with E-state index < -0.39 is 0 Å². The number of fused-ring (bicyclic) bond motifs is 1. The van der Waals surface area contributed by atoms with Crippen LogP contribution in [-0.2, 0) is 20.9 Å². The number of nitrogens with one attached hydrogen (secondary N) is 1. The fourth-order valence-electron chi connectivity index (χ4n) is 4.26. The Bertz CT molecular complexity index is 976. The van der Waals surface area contributed by atoms with Crippen molar-refractivity contribution in [1.29, 1.82) is 0 Å². The number of carbonyl (C=O) groups is 2. The van der Waals surface area contributed by atoms with Gasteiger partial charge in [0.1, 0.15) is 18.1 Å². The maximum absolute atomic E-state index is 12.4. The highest BCUT2D eigenvalue weighted by molar-refractivity contribution is 5.98. The maximum atomic E-state index is 12.4. The Morgan fingerprint density at radius 3 is 2.85 bits per heavy atom. The Morgan fingerprint density at radius 1 is 1.18 bits per heavy atom. The second-order valence-corrected chi connectivity index (χ2v) is 8.65. The van der Waals surface area contributed by atoms with E-state index in [9.17, 15) is 9.59 Å². The molecule has 1 fully saturated rings. The van der Waals surface area contributed by atoms with Crippen LogP contribution >= 0.6 is 0 Å². The number of amides is 2. The van der Waals surface area contributed by atoms with Gasteiger partial charge >= 0.3 is 0 Å². The molecule has 8 nitrogen and oxygen atoms in total. The molecular formula is C26H33N3O5. The van der Waals surface area contributed by atoms with Crippen molar-refractivity contribution in [2.75, 3.05) is 51.5 Å². The molecule has 0 saturated carbocycles. The predicted octanol–water partition coefficient (Wildman–Crippen LogP) is 2.61. The largest absolute Gasteiger partial charge is 0.492 e. The summed E-state index contributed by atoms with van der Waals surface area (Å²) in [6, 6.07) is 15.7. The van der Waals surface area contributed by atoms with Gasteiger partial charge in [0.05, 0.1) is 5.69 Å². The molecule has 2 heterocycles. The van der Waals surface area contributed by atoms with Gasteiger partial charge in [-0.1, -0.05) is 24.3 Å². The molecule has 2 aliphatic rings. The number of rotatable bonds is 10. The van der Waals surface area contributed by atoms with E-state index in [4.69, 9.17) is 14.2 Å². The first-order valence-electron chi connectivity index (χ1n) is 11.9. The average molecular weight is 468 g/mol. The molecule has 0 atom stereocenters. The first-order valence-corrected chi connectivity index (χ1v) is 11.9. The molecular weight excluding hydrogens is 434 g/mol. The summed E-state index contributed by atoms with van der Waals surface area (Å²) in [4.78, 5) is 28.6. The van der Waals surface area contributed by atoms with E-state index in [1.54, 1.807) is 4.90 Å². The van der Waals surface area contributed by atoms with Gasteiger partial charge < -0.3 is 24.4 Å². The standard InChI is InChI=1S/C26H33N3O5/c1-28(21-10-14-32-15-11-21)13-16-33-22-6-4-5-20(17-22)18-27-25(30)9-12-29-23-7-2-3-8-24(23)34-19-26(29)31/h2-8,17,21H,9-16,18-19H2,1H3,(H,27,30). The smallest absolute Gasteiger partial charge is 0.265 e. The Balaban J connectivity index is 1.20. The quantitative estimate of drug-likeness (QED) is 0.579. The molecule has 0 unspecified atom stereocenters. The van der Waals surface area contributed by atoms with Crippen molar-refractivity contribution in [3.05, 3.63) is 54.1 Å². The SMILES string of the molecule is CN(CCOc1cccc(CNC(=O)CCN2C(=O)COc3ccccc32)c1)C1CCOCC1. The zero-order valence-corrected chi connectivity index (χ0v) is 19.7. The lowest BCUT2D eigenvalue weighted by Gasteiger charge is -2.31. The van der Waals surface area contributed by atoms with Crippen LogP contribution in [0.1, 0.15) is 24.8 Å². The van der Waals surface area contributed by atoms with Gasteiger partial charge in [0, 0.05) is 45.3 Å². The summed E-state index contributed by atoms with van der Waals surface area (Å²) >= 11 is 0. The summed E-state index contributed by atoms with van der Waals surface area (Å²) in [5.74, 6) is 1.21. The van der Waals surface area contributed by atoms with Gasteiger partial charge in [0.15, 0.2) is 6.61 Å². The highest BCUT2D eigenvalue weighted by atomic mass is 16.5. The summed E-state index contributed by atoms with van der Waals surface area (Å²) in [5.41, 5.74) is 1.68. The van der Waals surface area contributed by atoms with Crippen molar-refractivity contribution in [3.63, 3.8) is 0 Å². The zero-order chi connectivity index (χ0) is 23.8. The lowest BCUT2D eigenvalue weighted by Crippen LogP contribution is -2.41. The number of hydrogen-bond acceptors (Lipinski definition) is 6. The fraction of sp³-hybridized carbons (Fsp3) is 0.462. The van der Waals surface area contributed by atoms with E-state index in [0.29, 0.717) is 37.2 Å². The first-order chi connectivity index (χ1) is 16.6. The molecule has 182 valence electrons. The molecule has 0 aliphatic carbocycles. The monoisotopic (exact) mass is 467 g/mol. The number of hydrogen-bond donors (Lipinski definition) is 1. The molecule has 0 aromatic heterocycles. The van der Waals surface area contributed by atoms with Gasteiger partial charge in [0.25, 0.3) is 5.91 Å². The van der Waals surface area contributed by atoms with Gasteiger partial charge in [-0.3, -0.25) is 14.5 Å². The molecule has 2 amide bonds. The Morgan fingerprint density at radius 2 is 2.00 bits per heavy atom. The van der Waals surface area contributed by atoms with Gasteiger partial charge in [-0.25, -0.2) is 0 Å². The molecule has 8 heteroatoms. The summed E-state index contributed by atoms with van der Waals surface area (Å²) in [5, 5.41) is 2.94. The molecule has 1 N–H and O–H groups in total. The third kappa shape index (κ3) is 6.48. The van der Waals surface area contributed by atoms with Gasteiger partial charge in [-0.15, -0.1) is 0 Å². The van der Waals surface area contributed by atoms with Gasteiger partial charge in [-0.05, 0) is 49.7 Å². The second-order valence-electron chi connectivity index (χ2n) is 8.65. The van der Waals surface area contributed by atoms with Crippen molar-refractivity contribution in [3.8, 4) is 11.5 Å². The number of anilines is 1. The molecule has 4 rings (SSSR count). The molecule has 2 aromatic carbocycles. The number of benzene rings is 2. The van der Waals surface area contributed by atoms with Crippen molar-refractivity contribution in [1.82, 2.24) is 10.2 Å². The van der Waals surface area contributed by atoms with E-state index in [1.165, 1.54) is 0 Å². The number of para-hydroxylation sites is 2.